The zero-order valence-electron chi connectivity index (χ0n) is 15.4. The molecule has 2 heterocycles. The van der Waals surface area contributed by atoms with Crippen LogP contribution >= 0.6 is 0 Å². The van der Waals surface area contributed by atoms with Crippen LogP contribution < -0.4 is 11.2 Å². The van der Waals surface area contributed by atoms with E-state index in [0.717, 1.165) is 0 Å². The van der Waals surface area contributed by atoms with Gasteiger partial charge in [-0.05, 0) is 24.6 Å². The highest BCUT2D eigenvalue weighted by molar-refractivity contribution is 6.04. The summed E-state index contributed by atoms with van der Waals surface area (Å²) in [5.74, 6) is -0.424. The monoisotopic (exact) mass is 392 g/mol. The Morgan fingerprint density at radius 3 is 2.45 bits per heavy atom. The number of para-hydroxylation sites is 1. The fourth-order valence-electron chi connectivity index (χ4n) is 3.50. The van der Waals surface area contributed by atoms with Crippen molar-refractivity contribution >= 4 is 27.6 Å². The first-order chi connectivity index (χ1) is 13.9. The smallest absolute Gasteiger partial charge is 0.343 e. The van der Waals surface area contributed by atoms with Crippen molar-refractivity contribution in [3.05, 3.63) is 90.5 Å². The standard InChI is InChI=1S/C21H16N2O6/c1-2-22-16-6-4-3-5-14(16)19-17(20(22)25)18(24)15(21(26)29-19)11-12-7-9-13(10-8-12)23(27)28/h3-10,24H,2,11H2,1H3. The first-order valence-corrected chi connectivity index (χ1v) is 8.96. The Morgan fingerprint density at radius 2 is 1.79 bits per heavy atom. The molecule has 8 nitrogen and oxygen atoms in total. The van der Waals surface area contributed by atoms with Crippen molar-refractivity contribution in [2.45, 2.75) is 19.9 Å². The van der Waals surface area contributed by atoms with Gasteiger partial charge in [0.2, 0.25) is 0 Å². The molecular formula is C21H16N2O6. The van der Waals surface area contributed by atoms with Crippen LogP contribution in [-0.4, -0.2) is 14.6 Å². The minimum absolute atomic E-state index is 0.0273. The number of pyridine rings is 1. The lowest BCUT2D eigenvalue weighted by Gasteiger charge is -2.12. The number of hydrogen-bond acceptors (Lipinski definition) is 6. The summed E-state index contributed by atoms with van der Waals surface area (Å²) in [6, 6.07) is 12.6. The average Bonchev–Trinajstić information content (AvgIpc) is 2.71. The second-order valence-electron chi connectivity index (χ2n) is 6.59. The molecule has 0 unspecified atom stereocenters. The van der Waals surface area contributed by atoms with Gasteiger partial charge in [0.15, 0.2) is 5.58 Å². The number of non-ortho nitro benzene ring substituents is 1. The van der Waals surface area contributed by atoms with Crippen molar-refractivity contribution in [1.82, 2.24) is 4.57 Å². The lowest BCUT2D eigenvalue weighted by molar-refractivity contribution is -0.384. The Labute approximate surface area is 163 Å². The first-order valence-electron chi connectivity index (χ1n) is 8.96. The number of aryl methyl sites for hydroxylation is 1. The second-order valence-corrected chi connectivity index (χ2v) is 6.59. The number of hydrogen-bond donors (Lipinski definition) is 1. The normalized spacial score (nSPS) is 11.2. The van der Waals surface area contributed by atoms with Gasteiger partial charge in [-0.3, -0.25) is 14.9 Å². The first kappa shape index (κ1) is 18.4. The van der Waals surface area contributed by atoms with E-state index in [1.54, 1.807) is 24.3 Å². The van der Waals surface area contributed by atoms with Crippen LogP contribution in [0.2, 0.25) is 0 Å². The third-order valence-electron chi connectivity index (χ3n) is 4.93. The van der Waals surface area contributed by atoms with Crippen molar-refractivity contribution < 1.29 is 14.4 Å². The summed E-state index contributed by atoms with van der Waals surface area (Å²) in [5, 5.41) is 22.1. The van der Waals surface area contributed by atoms with Gasteiger partial charge in [-0.2, -0.15) is 0 Å². The van der Waals surface area contributed by atoms with Gasteiger partial charge in [-0.25, -0.2) is 4.79 Å². The molecule has 0 aliphatic heterocycles. The molecule has 29 heavy (non-hydrogen) atoms. The van der Waals surface area contributed by atoms with Gasteiger partial charge in [0, 0.05) is 30.5 Å². The van der Waals surface area contributed by atoms with Crippen LogP contribution in [0.5, 0.6) is 5.75 Å². The van der Waals surface area contributed by atoms with E-state index in [2.05, 4.69) is 0 Å². The third-order valence-corrected chi connectivity index (χ3v) is 4.93. The molecule has 0 saturated heterocycles. The summed E-state index contributed by atoms with van der Waals surface area (Å²) in [7, 11) is 0. The van der Waals surface area contributed by atoms with Crippen LogP contribution in [0.25, 0.3) is 21.9 Å². The van der Waals surface area contributed by atoms with Gasteiger partial charge < -0.3 is 14.1 Å². The predicted molar refractivity (Wildman–Crippen MR) is 107 cm³/mol. The van der Waals surface area contributed by atoms with Crippen molar-refractivity contribution in [2.75, 3.05) is 0 Å². The maximum Gasteiger partial charge on any atom is 0.343 e. The SMILES string of the molecule is CCn1c(=O)c2c(O)c(Cc3ccc([N+](=O)[O-])cc3)c(=O)oc2c2ccccc21. The maximum absolute atomic E-state index is 13.0. The molecular weight excluding hydrogens is 376 g/mol. The van der Waals surface area contributed by atoms with Crippen molar-refractivity contribution in [1.29, 1.82) is 0 Å². The van der Waals surface area contributed by atoms with E-state index in [4.69, 9.17) is 4.42 Å². The number of nitro benzene ring substituents is 1. The van der Waals surface area contributed by atoms with E-state index in [1.165, 1.54) is 28.8 Å². The minimum Gasteiger partial charge on any atom is -0.506 e. The second kappa shape index (κ2) is 6.90. The summed E-state index contributed by atoms with van der Waals surface area (Å²) in [4.78, 5) is 35.9. The molecule has 0 aliphatic rings. The van der Waals surface area contributed by atoms with E-state index in [1.807, 2.05) is 6.92 Å². The molecule has 1 N–H and O–H groups in total. The largest absolute Gasteiger partial charge is 0.506 e. The number of fused-ring (bicyclic) bond motifs is 3. The summed E-state index contributed by atoms with van der Waals surface area (Å²) in [5.41, 5.74) is -0.140. The van der Waals surface area contributed by atoms with Gasteiger partial charge in [0.1, 0.15) is 11.1 Å². The molecule has 0 aliphatic carbocycles. The van der Waals surface area contributed by atoms with Gasteiger partial charge >= 0.3 is 5.63 Å². The molecule has 0 bridgehead atoms. The number of nitro groups is 1. The molecule has 146 valence electrons. The predicted octanol–water partition coefficient (Wildman–Crippen LogP) is 3.33. The Balaban J connectivity index is 1.96. The van der Waals surface area contributed by atoms with Crippen molar-refractivity contribution in [2.24, 2.45) is 0 Å². The Morgan fingerprint density at radius 1 is 1.10 bits per heavy atom. The molecule has 0 amide bonds. The number of aromatic nitrogens is 1. The number of aromatic hydroxyl groups is 1. The van der Waals surface area contributed by atoms with E-state index in [0.29, 0.717) is 23.0 Å². The Hall–Kier alpha value is -3.94. The average molecular weight is 392 g/mol. The van der Waals surface area contributed by atoms with Crippen molar-refractivity contribution in [3.8, 4) is 5.75 Å². The molecule has 0 saturated carbocycles. The minimum atomic E-state index is -0.757. The molecule has 0 atom stereocenters. The van der Waals surface area contributed by atoms with Crippen molar-refractivity contribution in [3.63, 3.8) is 0 Å². The highest BCUT2D eigenvalue weighted by Crippen LogP contribution is 2.30. The van der Waals surface area contributed by atoms with Gasteiger partial charge in [0.25, 0.3) is 11.2 Å². The lowest BCUT2D eigenvalue weighted by Crippen LogP contribution is -2.22. The van der Waals surface area contributed by atoms with E-state index >= 15 is 0 Å². The summed E-state index contributed by atoms with van der Waals surface area (Å²) in [6.45, 7) is 2.19. The van der Waals surface area contributed by atoms with Gasteiger partial charge in [-0.15, -0.1) is 0 Å². The molecule has 0 fully saturated rings. The summed E-state index contributed by atoms with van der Waals surface area (Å²) in [6.07, 6.45) is -0.0273. The van der Waals surface area contributed by atoms with E-state index in [9.17, 15) is 24.8 Å². The van der Waals surface area contributed by atoms with Crippen LogP contribution in [-0.2, 0) is 13.0 Å². The lowest BCUT2D eigenvalue weighted by atomic mass is 10.0. The van der Waals surface area contributed by atoms with Crippen LogP contribution in [0.3, 0.4) is 0 Å². The summed E-state index contributed by atoms with van der Waals surface area (Å²) >= 11 is 0. The highest BCUT2D eigenvalue weighted by atomic mass is 16.6. The van der Waals surface area contributed by atoms with E-state index < -0.39 is 21.9 Å². The molecule has 2 aromatic heterocycles. The zero-order chi connectivity index (χ0) is 20.7. The van der Waals surface area contributed by atoms with Gasteiger partial charge in [-0.1, -0.05) is 24.3 Å². The number of benzene rings is 2. The topological polar surface area (TPSA) is 116 Å². The van der Waals surface area contributed by atoms with E-state index in [-0.39, 0.29) is 28.6 Å². The fraction of sp³-hybridized carbons (Fsp3) is 0.143. The Kier molecular flexibility index (Phi) is 4.38. The van der Waals surface area contributed by atoms with Crippen LogP contribution in [0, 0.1) is 10.1 Å². The fourth-order valence-corrected chi connectivity index (χ4v) is 3.50. The molecule has 0 radical (unpaired) electrons. The highest BCUT2D eigenvalue weighted by Gasteiger charge is 2.21. The van der Waals surface area contributed by atoms with Gasteiger partial charge in [0.05, 0.1) is 16.0 Å². The van der Waals surface area contributed by atoms with Crippen LogP contribution in [0.1, 0.15) is 18.1 Å². The molecule has 4 aromatic rings. The Bertz CT molecular complexity index is 1380. The molecule has 0 spiro atoms. The quantitative estimate of drug-likeness (QED) is 0.324. The number of rotatable bonds is 4. The third kappa shape index (κ3) is 2.94. The molecule has 2 aromatic carbocycles. The van der Waals surface area contributed by atoms with Crippen LogP contribution in [0.4, 0.5) is 5.69 Å². The van der Waals surface area contributed by atoms with Crippen LogP contribution in [0.15, 0.2) is 62.5 Å². The molecule has 4 rings (SSSR count). The maximum atomic E-state index is 13.0. The zero-order valence-corrected chi connectivity index (χ0v) is 15.4. The number of nitrogens with zero attached hydrogens (tertiary/aromatic N) is 2. The summed E-state index contributed by atoms with van der Waals surface area (Å²) < 4.78 is 6.97. The molecule has 8 heteroatoms.